The normalized spacial score (nSPS) is 29.6. The molecule has 0 saturated carbocycles. The monoisotopic (exact) mass is 240 g/mol. The van der Waals surface area contributed by atoms with Crippen molar-refractivity contribution in [1.29, 1.82) is 0 Å². The zero-order valence-electron chi connectivity index (χ0n) is 11.5. The number of hydrogen-bond donors (Lipinski definition) is 1. The van der Waals surface area contributed by atoms with Gasteiger partial charge < -0.3 is 15.1 Å². The van der Waals surface area contributed by atoms with E-state index in [4.69, 9.17) is 0 Å². The van der Waals surface area contributed by atoms with Gasteiger partial charge in [-0.15, -0.1) is 0 Å². The Bertz CT molecular complexity index is 213. The van der Waals surface area contributed by atoms with E-state index in [0.717, 1.165) is 12.6 Å². The van der Waals surface area contributed by atoms with Gasteiger partial charge >= 0.3 is 0 Å². The van der Waals surface area contributed by atoms with E-state index in [1.54, 1.807) is 0 Å². The second kappa shape index (κ2) is 6.69. The largest absolute Gasteiger partial charge is 0.311 e. The van der Waals surface area contributed by atoms with Gasteiger partial charge in [-0.1, -0.05) is 0 Å². The molecule has 2 saturated heterocycles. The van der Waals surface area contributed by atoms with Gasteiger partial charge in [0.05, 0.1) is 0 Å². The Morgan fingerprint density at radius 3 is 2.47 bits per heavy atom. The summed E-state index contributed by atoms with van der Waals surface area (Å²) in [4.78, 5) is 7.44. The third-order valence-electron chi connectivity index (χ3n) is 4.08. The lowest BCUT2D eigenvalue weighted by Gasteiger charge is -2.34. The van der Waals surface area contributed by atoms with Crippen LogP contribution in [0.4, 0.5) is 0 Å². The summed E-state index contributed by atoms with van der Waals surface area (Å²) < 4.78 is 0. The van der Waals surface area contributed by atoms with Crippen molar-refractivity contribution in [3.05, 3.63) is 0 Å². The lowest BCUT2D eigenvalue weighted by Crippen LogP contribution is -2.49. The molecule has 2 aliphatic rings. The number of piperidine rings is 1. The van der Waals surface area contributed by atoms with Crippen LogP contribution < -0.4 is 5.32 Å². The molecular weight excluding hydrogens is 212 g/mol. The molecule has 0 bridgehead atoms. The first kappa shape index (κ1) is 13.3. The number of hydrogen-bond acceptors (Lipinski definition) is 4. The average Bonchev–Trinajstić information content (AvgIpc) is 2.32. The molecule has 0 radical (unpaired) electrons. The first-order valence-electron chi connectivity index (χ1n) is 7.07. The quantitative estimate of drug-likeness (QED) is 0.742. The smallest absolute Gasteiger partial charge is 0.0195 e. The fourth-order valence-electron chi connectivity index (χ4n) is 2.83. The molecule has 100 valence electrons. The molecule has 1 N–H and O–H groups in total. The molecule has 0 aromatic rings. The maximum atomic E-state index is 3.71. The van der Waals surface area contributed by atoms with Crippen molar-refractivity contribution in [3.63, 3.8) is 0 Å². The summed E-state index contributed by atoms with van der Waals surface area (Å²) in [5.41, 5.74) is 0. The highest BCUT2D eigenvalue weighted by Gasteiger charge is 2.17. The van der Waals surface area contributed by atoms with Gasteiger partial charge in [0, 0.05) is 51.9 Å². The van der Waals surface area contributed by atoms with Gasteiger partial charge in [0.15, 0.2) is 0 Å². The molecule has 17 heavy (non-hydrogen) atoms. The summed E-state index contributed by atoms with van der Waals surface area (Å²) in [6.45, 7) is 9.81. The minimum Gasteiger partial charge on any atom is -0.311 e. The average molecular weight is 240 g/mol. The molecule has 0 aromatic heterocycles. The summed E-state index contributed by atoms with van der Waals surface area (Å²) in [6.07, 6.45) is 2.70. The topological polar surface area (TPSA) is 21.8 Å². The standard InChI is InChI=1S/C13H28N4/c1-15-8-10-17(11-9-15)7-5-14-13-4-3-6-16(2)12-13/h13-14H,3-12H2,1-2H3. The van der Waals surface area contributed by atoms with Crippen molar-refractivity contribution < 1.29 is 0 Å². The van der Waals surface area contributed by atoms with Crippen molar-refractivity contribution in [2.75, 3.05) is 66.5 Å². The van der Waals surface area contributed by atoms with Gasteiger partial charge in [0.1, 0.15) is 0 Å². The van der Waals surface area contributed by atoms with Crippen molar-refractivity contribution in [1.82, 2.24) is 20.0 Å². The lowest BCUT2D eigenvalue weighted by molar-refractivity contribution is 0.150. The molecule has 4 heteroatoms. The molecular formula is C13H28N4. The summed E-state index contributed by atoms with van der Waals surface area (Å²) in [6, 6.07) is 0.723. The van der Waals surface area contributed by atoms with E-state index in [2.05, 4.69) is 34.1 Å². The van der Waals surface area contributed by atoms with E-state index in [9.17, 15) is 0 Å². The number of piperazine rings is 1. The first-order valence-corrected chi connectivity index (χ1v) is 7.07. The van der Waals surface area contributed by atoms with Crippen LogP contribution >= 0.6 is 0 Å². The molecule has 2 rings (SSSR count). The van der Waals surface area contributed by atoms with Crippen LogP contribution in [0.25, 0.3) is 0 Å². The molecule has 2 aliphatic heterocycles. The van der Waals surface area contributed by atoms with E-state index in [0.29, 0.717) is 0 Å². The molecule has 0 aromatic carbocycles. The van der Waals surface area contributed by atoms with Crippen LogP contribution in [-0.4, -0.2) is 87.2 Å². The second-order valence-electron chi connectivity index (χ2n) is 5.70. The molecule has 1 atom stereocenters. The highest BCUT2D eigenvalue weighted by molar-refractivity contribution is 4.77. The molecule has 2 heterocycles. The Morgan fingerprint density at radius 2 is 1.76 bits per heavy atom. The number of nitrogens with zero attached hydrogens (tertiary/aromatic N) is 3. The first-order chi connectivity index (χ1) is 8.24. The molecule has 2 fully saturated rings. The predicted molar refractivity (Wildman–Crippen MR) is 72.5 cm³/mol. The minimum atomic E-state index is 0.723. The van der Waals surface area contributed by atoms with Crippen LogP contribution in [0.5, 0.6) is 0 Å². The van der Waals surface area contributed by atoms with Crippen LogP contribution in [0.2, 0.25) is 0 Å². The summed E-state index contributed by atoms with van der Waals surface area (Å²) in [5.74, 6) is 0. The van der Waals surface area contributed by atoms with E-state index in [-0.39, 0.29) is 0 Å². The zero-order valence-corrected chi connectivity index (χ0v) is 11.5. The Labute approximate surface area is 106 Å². The maximum Gasteiger partial charge on any atom is 0.0195 e. The fourth-order valence-corrected chi connectivity index (χ4v) is 2.83. The van der Waals surface area contributed by atoms with Crippen LogP contribution in [0.1, 0.15) is 12.8 Å². The molecule has 0 aliphatic carbocycles. The zero-order chi connectivity index (χ0) is 12.1. The Hall–Kier alpha value is -0.160. The predicted octanol–water partition coefficient (Wildman–Crippen LogP) is -0.0824. The van der Waals surface area contributed by atoms with Crippen molar-refractivity contribution in [2.24, 2.45) is 0 Å². The third-order valence-corrected chi connectivity index (χ3v) is 4.08. The van der Waals surface area contributed by atoms with E-state index >= 15 is 0 Å². The van der Waals surface area contributed by atoms with Gasteiger partial charge in [-0.05, 0) is 33.5 Å². The lowest BCUT2D eigenvalue weighted by atomic mass is 10.1. The SMILES string of the molecule is CN1CCN(CCNC2CCCN(C)C2)CC1. The van der Waals surface area contributed by atoms with Crippen LogP contribution in [0, 0.1) is 0 Å². The molecule has 0 spiro atoms. The molecule has 1 unspecified atom stereocenters. The number of nitrogens with one attached hydrogen (secondary N) is 1. The van der Waals surface area contributed by atoms with Crippen LogP contribution in [0.3, 0.4) is 0 Å². The van der Waals surface area contributed by atoms with Crippen LogP contribution in [0.15, 0.2) is 0 Å². The van der Waals surface area contributed by atoms with Crippen molar-refractivity contribution in [2.45, 2.75) is 18.9 Å². The Kier molecular flexibility index (Phi) is 5.22. The van der Waals surface area contributed by atoms with E-state index in [1.165, 1.54) is 58.7 Å². The van der Waals surface area contributed by atoms with Crippen LogP contribution in [-0.2, 0) is 0 Å². The number of likely N-dealkylation sites (N-methyl/N-ethyl adjacent to an activating group) is 2. The summed E-state index contributed by atoms with van der Waals surface area (Å²) in [7, 11) is 4.45. The highest BCUT2D eigenvalue weighted by atomic mass is 15.3. The van der Waals surface area contributed by atoms with Gasteiger partial charge in [-0.25, -0.2) is 0 Å². The minimum absolute atomic E-state index is 0.723. The second-order valence-corrected chi connectivity index (χ2v) is 5.70. The maximum absolute atomic E-state index is 3.71. The Balaban J connectivity index is 1.56. The number of rotatable bonds is 4. The fraction of sp³-hybridized carbons (Fsp3) is 1.00. The van der Waals surface area contributed by atoms with Gasteiger partial charge in [-0.2, -0.15) is 0 Å². The summed E-state index contributed by atoms with van der Waals surface area (Å²) in [5, 5.41) is 3.71. The van der Waals surface area contributed by atoms with Crippen molar-refractivity contribution >= 4 is 0 Å². The number of likely N-dealkylation sites (tertiary alicyclic amines) is 1. The third kappa shape index (κ3) is 4.54. The van der Waals surface area contributed by atoms with Gasteiger partial charge in [0.2, 0.25) is 0 Å². The molecule has 0 amide bonds. The van der Waals surface area contributed by atoms with E-state index in [1.807, 2.05) is 0 Å². The summed E-state index contributed by atoms with van der Waals surface area (Å²) >= 11 is 0. The van der Waals surface area contributed by atoms with E-state index < -0.39 is 0 Å². The molecule has 4 nitrogen and oxygen atoms in total. The van der Waals surface area contributed by atoms with Crippen molar-refractivity contribution in [3.8, 4) is 0 Å². The highest BCUT2D eigenvalue weighted by Crippen LogP contribution is 2.07. The van der Waals surface area contributed by atoms with Gasteiger partial charge in [-0.3, -0.25) is 4.90 Å². The Morgan fingerprint density at radius 1 is 1.00 bits per heavy atom. The van der Waals surface area contributed by atoms with Gasteiger partial charge in [0.25, 0.3) is 0 Å².